The van der Waals surface area contributed by atoms with Crippen LogP contribution in [-0.4, -0.2) is 40.7 Å². The Morgan fingerprint density at radius 1 is 1.19 bits per heavy atom. The quantitative estimate of drug-likeness (QED) is 0.630. The van der Waals surface area contributed by atoms with Gasteiger partial charge >= 0.3 is 6.18 Å². The summed E-state index contributed by atoms with van der Waals surface area (Å²) < 4.78 is 42.8. The van der Waals surface area contributed by atoms with Crippen molar-refractivity contribution in [3.63, 3.8) is 0 Å². The molecule has 1 heterocycles. The zero-order valence-electron chi connectivity index (χ0n) is 16.6. The molecule has 1 aliphatic heterocycles. The Balaban J connectivity index is 1.61. The molecule has 0 spiro atoms. The molecule has 1 aliphatic rings. The van der Waals surface area contributed by atoms with Gasteiger partial charge in [0.1, 0.15) is 6.54 Å². The summed E-state index contributed by atoms with van der Waals surface area (Å²) >= 11 is 0.663. The molecule has 0 saturated carbocycles. The van der Waals surface area contributed by atoms with Crippen molar-refractivity contribution in [3.05, 3.63) is 64.1 Å². The van der Waals surface area contributed by atoms with E-state index in [1.807, 2.05) is 0 Å². The van der Waals surface area contributed by atoms with E-state index in [4.69, 9.17) is 4.74 Å². The summed E-state index contributed by atoms with van der Waals surface area (Å²) in [4.78, 5) is 37.7. The number of phenols is 1. The lowest BCUT2D eigenvalue weighted by molar-refractivity contribution is -0.137. The first-order valence-corrected chi connectivity index (χ1v) is 9.95. The number of thioether (sulfide) groups is 1. The molecule has 168 valence electrons. The van der Waals surface area contributed by atoms with Crippen molar-refractivity contribution in [2.75, 3.05) is 13.7 Å². The Morgan fingerprint density at radius 2 is 1.88 bits per heavy atom. The van der Waals surface area contributed by atoms with Gasteiger partial charge in [-0.3, -0.25) is 19.3 Å². The average Bonchev–Trinajstić information content (AvgIpc) is 3.00. The molecule has 0 atom stereocenters. The van der Waals surface area contributed by atoms with Gasteiger partial charge in [0.15, 0.2) is 11.5 Å². The summed E-state index contributed by atoms with van der Waals surface area (Å²) in [6.07, 6.45) is -3.01. The summed E-state index contributed by atoms with van der Waals surface area (Å²) in [6, 6.07) is 8.67. The fourth-order valence-electron chi connectivity index (χ4n) is 2.78. The van der Waals surface area contributed by atoms with Gasteiger partial charge in [0.2, 0.25) is 5.91 Å². The van der Waals surface area contributed by atoms with E-state index < -0.39 is 35.3 Å². The van der Waals surface area contributed by atoms with Crippen molar-refractivity contribution in [3.8, 4) is 11.5 Å². The van der Waals surface area contributed by atoms with Crippen LogP contribution in [0.3, 0.4) is 0 Å². The predicted octanol–water partition coefficient (Wildman–Crippen LogP) is 3.77. The summed E-state index contributed by atoms with van der Waals surface area (Å²) in [6.45, 7) is -0.585. The molecule has 32 heavy (non-hydrogen) atoms. The van der Waals surface area contributed by atoms with Crippen molar-refractivity contribution in [2.45, 2.75) is 12.7 Å². The largest absolute Gasteiger partial charge is 0.504 e. The van der Waals surface area contributed by atoms with Crippen LogP contribution in [-0.2, 0) is 22.3 Å². The molecule has 1 fully saturated rings. The summed E-state index contributed by atoms with van der Waals surface area (Å²) in [5, 5.41) is 11.5. The molecule has 0 aromatic heterocycles. The molecule has 2 aromatic rings. The number of carbonyl (C=O) groups is 3. The van der Waals surface area contributed by atoms with Crippen LogP contribution in [0, 0.1) is 0 Å². The van der Waals surface area contributed by atoms with Crippen molar-refractivity contribution in [1.82, 2.24) is 10.2 Å². The number of carbonyl (C=O) groups excluding carboxylic acids is 3. The fourth-order valence-corrected chi connectivity index (χ4v) is 3.62. The Hall–Kier alpha value is -3.47. The molecule has 2 N–H and O–H groups in total. The third kappa shape index (κ3) is 5.41. The van der Waals surface area contributed by atoms with Gasteiger partial charge in [0.05, 0.1) is 17.6 Å². The number of nitrogens with zero attached hydrogens (tertiary/aromatic N) is 1. The number of amides is 3. The minimum absolute atomic E-state index is 0.0592. The first-order valence-electron chi connectivity index (χ1n) is 9.13. The number of phenolic OH excluding ortho intramolecular Hbond substituents is 1. The fraction of sp³-hybridized carbons (Fsp3) is 0.190. The standard InChI is InChI=1S/C21H17F3N2O5S/c1-31-16-8-13(4-7-15(16)27)9-17-19(29)26(20(30)32-17)11-18(28)25-10-12-2-5-14(6-3-12)21(22,23)24/h2-9,27H,10-11H2,1H3,(H,25,28)/b17-9-. The zero-order valence-corrected chi connectivity index (χ0v) is 17.4. The van der Waals surface area contributed by atoms with Crippen molar-refractivity contribution < 1.29 is 37.4 Å². The highest BCUT2D eigenvalue weighted by Crippen LogP contribution is 2.34. The lowest BCUT2D eigenvalue weighted by Crippen LogP contribution is -2.39. The van der Waals surface area contributed by atoms with Crippen LogP contribution >= 0.6 is 11.8 Å². The number of halogens is 3. The number of methoxy groups -OCH3 is 1. The van der Waals surface area contributed by atoms with Crippen LogP contribution in [0.5, 0.6) is 11.5 Å². The van der Waals surface area contributed by atoms with E-state index in [9.17, 15) is 32.7 Å². The molecule has 7 nitrogen and oxygen atoms in total. The molecule has 0 radical (unpaired) electrons. The number of aromatic hydroxyl groups is 1. The van der Waals surface area contributed by atoms with Gasteiger partial charge in [0.25, 0.3) is 11.1 Å². The minimum atomic E-state index is -4.45. The molecule has 2 aromatic carbocycles. The van der Waals surface area contributed by atoms with E-state index in [0.29, 0.717) is 22.9 Å². The molecule has 3 amide bonds. The van der Waals surface area contributed by atoms with Crippen LogP contribution in [0.15, 0.2) is 47.4 Å². The highest BCUT2D eigenvalue weighted by molar-refractivity contribution is 8.18. The molecule has 11 heteroatoms. The number of rotatable bonds is 6. The second kappa shape index (κ2) is 9.35. The van der Waals surface area contributed by atoms with Crippen LogP contribution in [0.2, 0.25) is 0 Å². The number of hydrogen-bond acceptors (Lipinski definition) is 6. The average molecular weight is 466 g/mol. The maximum absolute atomic E-state index is 12.6. The van der Waals surface area contributed by atoms with Crippen molar-refractivity contribution in [2.24, 2.45) is 0 Å². The Labute approximate surface area is 184 Å². The van der Waals surface area contributed by atoms with Crippen LogP contribution in [0.1, 0.15) is 16.7 Å². The number of benzene rings is 2. The lowest BCUT2D eigenvalue weighted by Gasteiger charge is -2.13. The summed E-state index contributed by atoms with van der Waals surface area (Å²) in [5.41, 5.74) is 0.141. The summed E-state index contributed by atoms with van der Waals surface area (Å²) in [7, 11) is 1.37. The van der Waals surface area contributed by atoms with E-state index in [1.54, 1.807) is 0 Å². The van der Waals surface area contributed by atoms with Gasteiger partial charge in [-0.05, 0) is 53.2 Å². The van der Waals surface area contributed by atoms with Crippen molar-refractivity contribution in [1.29, 1.82) is 0 Å². The first-order chi connectivity index (χ1) is 15.1. The maximum atomic E-state index is 12.6. The van der Waals surface area contributed by atoms with Gasteiger partial charge in [-0.25, -0.2) is 0 Å². The minimum Gasteiger partial charge on any atom is -0.504 e. The molecule has 3 rings (SSSR count). The molecule has 0 aliphatic carbocycles. The van der Waals surface area contributed by atoms with Gasteiger partial charge in [-0.2, -0.15) is 13.2 Å². The van der Waals surface area contributed by atoms with Crippen LogP contribution in [0.4, 0.5) is 18.0 Å². The lowest BCUT2D eigenvalue weighted by atomic mass is 10.1. The molecule has 1 saturated heterocycles. The first kappa shape index (κ1) is 23.2. The van der Waals surface area contributed by atoms with E-state index in [2.05, 4.69) is 5.32 Å². The van der Waals surface area contributed by atoms with Gasteiger partial charge in [-0.15, -0.1) is 0 Å². The second-order valence-electron chi connectivity index (χ2n) is 6.67. The second-order valence-corrected chi connectivity index (χ2v) is 7.66. The number of imide groups is 1. The van der Waals surface area contributed by atoms with E-state index in [0.717, 1.165) is 17.0 Å². The number of alkyl halides is 3. The van der Waals surface area contributed by atoms with E-state index in [-0.39, 0.29) is 22.9 Å². The SMILES string of the molecule is COc1cc(/C=C2\SC(=O)N(CC(=O)NCc3ccc(C(F)(F)F)cc3)C2=O)ccc1O. The Kier molecular flexibility index (Phi) is 6.78. The molecular formula is C21H17F3N2O5S. The molecular weight excluding hydrogens is 449 g/mol. The third-order valence-corrected chi connectivity index (χ3v) is 5.36. The Morgan fingerprint density at radius 3 is 2.50 bits per heavy atom. The predicted molar refractivity (Wildman–Crippen MR) is 111 cm³/mol. The molecule has 0 bridgehead atoms. The van der Waals surface area contributed by atoms with Crippen molar-refractivity contribution >= 4 is 34.9 Å². The van der Waals surface area contributed by atoms with Gasteiger partial charge < -0.3 is 15.2 Å². The number of hydrogen-bond donors (Lipinski definition) is 2. The van der Waals surface area contributed by atoms with Crippen LogP contribution < -0.4 is 10.1 Å². The monoisotopic (exact) mass is 466 g/mol. The zero-order chi connectivity index (χ0) is 23.5. The van der Waals surface area contributed by atoms with Gasteiger partial charge in [-0.1, -0.05) is 18.2 Å². The highest BCUT2D eigenvalue weighted by atomic mass is 32.2. The highest BCUT2D eigenvalue weighted by Gasteiger charge is 2.36. The van der Waals surface area contributed by atoms with E-state index in [1.165, 1.54) is 43.5 Å². The van der Waals surface area contributed by atoms with E-state index >= 15 is 0 Å². The molecule has 0 unspecified atom stereocenters. The number of ether oxygens (including phenoxy) is 1. The topological polar surface area (TPSA) is 95.9 Å². The van der Waals surface area contributed by atoms with Gasteiger partial charge in [0, 0.05) is 6.54 Å². The maximum Gasteiger partial charge on any atom is 0.416 e. The normalized spacial score (nSPS) is 15.4. The summed E-state index contributed by atoms with van der Waals surface area (Å²) in [5.74, 6) is -1.18. The number of nitrogens with one attached hydrogen (secondary N) is 1. The smallest absolute Gasteiger partial charge is 0.416 e. The third-order valence-electron chi connectivity index (χ3n) is 4.45. The Bertz CT molecular complexity index is 1080. The van der Waals surface area contributed by atoms with Crippen LogP contribution in [0.25, 0.3) is 6.08 Å².